The lowest BCUT2D eigenvalue weighted by Gasteiger charge is -2.38. The Balaban J connectivity index is 2.20. The number of carbonyl (C=O) groups is 1. The second-order valence-corrected chi connectivity index (χ2v) is 5.64. The Kier molecular flexibility index (Phi) is 3.09. The third-order valence-corrected chi connectivity index (χ3v) is 4.35. The summed E-state index contributed by atoms with van der Waals surface area (Å²) in [6, 6.07) is 16.8. The lowest BCUT2D eigenvalue weighted by Crippen LogP contribution is -2.44. The van der Waals surface area contributed by atoms with Crippen molar-refractivity contribution in [2.24, 2.45) is 0 Å². The maximum atomic E-state index is 12.5. The molecule has 2 nitrogen and oxygen atoms in total. The standard InChI is InChI=1S/C18H19NO/c1-12-9-10-15-16(11-12)18(20)19(3)13(2)17(15)14-7-5-4-6-8-14/h4-11,13,17H,1-3H3. The van der Waals surface area contributed by atoms with Crippen LogP contribution in [-0.2, 0) is 0 Å². The Morgan fingerprint density at radius 1 is 1.05 bits per heavy atom. The van der Waals surface area contributed by atoms with Crippen LogP contribution >= 0.6 is 0 Å². The summed E-state index contributed by atoms with van der Waals surface area (Å²) in [5, 5.41) is 0. The highest BCUT2D eigenvalue weighted by Crippen LogP contribution is 2.37. The molecule has 1 amide bonds. The minimum atomic E-state index is 0.128. The third-order valence-electron chi connectivity index (χ3n) is 4.35. The van der Waals surface area contributed by atoms with Gasteiger partial charge in [-0.25, -0.2) is 0 Å². The first kappa shape index (κ1) is 12.9. The molecule has 0 saturated heterocycles. The average molecular weight is 265 g/mol. The van der Waals surface area contributed by atoms with Crippen LogP contribution in [0.3, 0.4) is 0 Å². The molecule has 0 saturated carbocycles. The van der Waals surface area contributed by atoms with E-state index in [9.17, 15) is 4.79 Å². The summed E-state index contributed by atoms with van der Waals surface area (Å²) in [6.07, 6.45) is 0. The molecule has 0 radical (unpaired) electrons. The molecule has 0 bridgehead atoms. The molecular weight excluding hydrogens is 246 g/mol. The van der Waals surface area contributed by atoms with Crippen LogP contribution in [0.15, 0.2) is 48.5 Å². The summed E-state index contributed by atoms with van der Waals surface area (Å²) in [6.45, 7) is 4.15. The van der Waals surface area contributed by atoms with E-state index in [2.05, 4.69) is 43.3 Å². The molecule has 1 aliphatic heterocycles. The predicted molar refractivity (Wildman–Crippen MR) is 81.0 cm³/mol. The summed E-state index contributed by atoms with van der Waals surface area (Å²) in [7, 11) is 1.90. The fourth-order valence-electron chi connectivity index (χ4n) is 3.10. The zero-order chi connectivity index (χ0) is 14.3. The van der Waals surface area contributed by atoms with Crippen LogP contribution in [0.1, 0.15) is 39.9 Å². The second kappa shape index (κ2) is 4.78. The Morgan fingerprint density at radius 2 is 1.75 bits per heavy atom. The Bertz CT molecular complexity index is 648. The SMILES string of the molecule is Cc1ccc2c(c1)C(=O)N(C)C(C)C2c1ccccc1. The lowest BCUT2D eigenvalue weighted by molar-refractivity contribution is 0.0704. The van der Waals surface area contributed by atoms with Crippen LogP contribution in [-0.4, -0.2) is 23.9 Å². The highest BCUT2D eigenvalue weighted by Gasteiger charge is 2.35. The molecule has 102 valence electrons. The number of rotatable bonds is 1. The van der Waals surface area contributed by atoms with Crippen LogP contribution in [0.25, 0.3) is 0 Å². The number of amides is 1. The number of hydrogen-bond acceptors (Lipinski definition) is 1. The van der Waals surface area contributed by atoms with Gasteiger partial charge < -0.3 is 4.90 Å². The topological polar surface area (TPSA) is 20.3 Å². The van der Waals surface area contributed by atoms with Crippen molar-refractivity contribution in [1.82, 2.24) is 4.90 Å². The molecule has 0 aliphatic carbocycles. The lowest BCUT2D eigenvalue weighted by atomic mass is 9.79. The number of hydrogen-bond donors (Lipinski definition) is 0. The van der Waals surface area contributed by atoms with Gasteiger partial charge in [0.15, 0.2) is 0 Å². The summed E-state index contributed by atoms with van der Waals surface area (Å²) < 4.78 is 0. The van der Waals surface area contributed by atoms with E-state index in [4.69, 9.17) is 0 Å². The van der Waals surface area contributed by atoms with Crippen molar-refractivity contribution in [3.63, 3.8) is 0 Å². The van der Waals surface area contributed by atoms with E-state index in [1.54, 1.807) is 0 Å². The fourth-order valence-corrected chi connectivity index (χ4v) is 3.10. The third kappa shape index (κ3) is 1.92. The molecule has 2 heteroatoms. The van der Waals surface area contributed by atoms with Gasteiger partial charge >= 0.3 is 0 Å². The summed E-state index contributed by atoms with van der Waals surface area (Å²) in [5.74, 6) is 0.373. The molecule has 2 aromatic carbocycles. The van der Waals surface area contributed by atoms with Gasteiger partial charge in [0, 0.05) is 24.6 Å². The Hall–Kier alpha value is -2.09. The van der Waals surface area contributed by atoms with Gasteiger partial charge in [-0.15, -0.1) is 0 Å². The van der Waals surface area contributed by atoms with Crippen molar-refractivity contribution in [1.29, 1.82) is 0 Å². The van der Waals surface area contributed by atoms with Crippen molar-refractivity contribution in [2.45, 2.75) is 25.8 Å². The van der Waals surface area contributed by atoms with E-state index in [1.165, 1.54) is 5.56 Å². The summed E-state index contributed by atoms with van der Waals surface area (Å²) in [5.41, 5.74) is 4.40. The molecule has 0 N–H and O–H groups in total. The molecule has 1 heterocycles. The maximum absolute atomic E-state index is 12.5. The predicted octanol–water partition coefficient (Wildman–Crippen LogP) is 3.60. The average Bonchev–Trinajstić information content (AvgIpc) is 2.47. The number of aryl methyl sites for hydroxylation is 1. The van der Waals surface area contributed by atoms with E-state index < -0.39 is 0 Å². The monoisotopic (exact) mass is 265 g/mol. The van der Waals surface area contributed by atoms with Crippen molar-refractivity contribution in [2.75, 3.05) is 7.05 Å². The number of likely N-dealkylation sites (N-methyl/N-ethyl adjacent to an activating group) is 1. The van der Waals surface area contributed by atoms with Gasteiger partial charge in [0.2, 0.25) is 0 Å². The minimum Gasteiger partial charge on any atom is -0.338 e. The van der Waals surface area contributed by atoms with E-state index in [-0.39, 0.29) is 17.9 Å². The molecule has 0 aromatic heterocycles. The number of benzene rings is 2. The number of carbonyl (C=O) groups excluding carboxylic acids is 1. The first-order chi connectivity index (χ1) is 9.59. The number of fused-ring (bicyclic) bond motifs is 1. The molecule has 20 heavy (non-hydrogen) atoms. The van der Waals surface area contributed by atoms with E-state index in [1.807, 2.05) is 31.0 Å². The smallest absolute Gasteiger partial charge is 0.254 e. The van der Waals surface area contributed by atoms with Gasteiger partial charge in [-0.1, -0.05) is 48.0 Å². The molecule has 2 atom stereocenters. The van der Waals surface area contributed by atoms with Crippen molar-refractivity contribution in [3.05, 3.63) is 70.8 Å². The van der Waals surface area contributed by atoms with Crippen LogP contribution in [0.5, 0.6) is 0 Å². The van der Waals surface area contributed by atoms with Crippen LogP contribution in [0.2, 0.25) is 0 Å². The van der Waals surface area contributed by atoms with Crippen molar-refractivity contribution < 1.29 is 4.79 Å². The van der Waals surface area contributed by atoms with E-state index in [0.29, 0.717) is 0 Å². The first-order valence-electron chi connectivity index (χ1n) is 7.02. The quantitative estimate of drug-likeness (QED) is 0.771. The number of nitrogens with zero attached hydrogens (tertiary/aromatic N) is 1. The van der Waals surface area contributed by atoms with Crippen LogP contribution in [0, 0.1) is 6.92 Å². The zero-order valence-electron chi connectivity index (χ0n) is 12.1. The molecule has 2 unspecified atom stereocenters. The van der Waals surface area contributed by atoms with Gasteiger partial charge in [-0.05, 0) is 31.0 Å². The second-order valence-electron chi connectivity index (χ2n) is 5.64. The van der Waals surface area contributed by atoms with Crippen molar-refractivity contribution in [3.8, 4) is 0 Å². The van der Waals surface area contributed by atoms with Gasteiger partial charge in [0.1, 0.15) is 0 Å². The molecule has 2 aromatic rings. The molecular formula is C18H19NO. The van der Waals surface area contributed by atoms with Gasteiger partial charge in [-0.3, -0.25) is 4.79 Å². The Morgan fingerprint density at radius 3 is 2.45 bits per heavy atom. The fraction of sp³-hybridized carbons (Fsp3) is 0.278. The normalized spacial score (nSPS) is 21.8. The van der Waals surface area contributed by atoms with Gasteiger partial charge in [0.25, 0.3) is 5.91 Å². The van der Waals surface area contributed by atoms with E-state index >= 15 is 0 Å². The Labute approximate surface area is 120 Å². The molecule has 0 fully saturated rings. The molecule has 3 rings (SSSR count). The van der Waals surface area contributed by atoms with Gasteiger partial charge in [-0.2, -0.15) is 0 Å². The summed E-state index contributed by atoms with van der Waals surface area (Å²) in [4.78, 5) is 14.3. The minimum absolute atomic E-state index is 0.128. The largest absolute Gasteiger partial charge is 0.338 e. The highest BCUT2D eigenvalue weighted by atomic mass is 16.2. The maximum Gasteiger partial charge on any atom is 0.254 e. The summed E-state index contributed by atoms with van der Waals surface area (Å²) >= 11 is 0. The first-order valence-corrected chi connectivity index (χ1v) is 7.02. The highest BCUT2D eigenvalue weighted by molar-refractivity contribution is 5.97. The van der Waals surface area contributed by atoms with Crippen LogP contribution < -0.4 is 0 Å². The van der Waals surface area contributed by atoms with Gasteiger partial charge in [0.05, 0.1) is 0 Å². The van der Waals surface area contributed by atoms with Crippen LogP contribution in [0.4, 0.5) is 0 Å². The molecule has 0 spiro atoms. The van der Waals surface area contributed by atoms with E-state index in [0.717, 1.165) is 16.7 Å². The molecule has 1 aliphatic rings. The zero-order valence-corrected chi connectivity index (χ0v) is 12.1. The van der Waals surface area contributed by atoms with Crippen molar-refractivity contribution >= 4 is 5.91 Å².